The van der Waals surface area contributed by atoms with E-state index in [0.29, 0.717) is 25.8 Å². The van der Waals surface area contributed by atoms with Crippen LogP contribution in [0.25, 0.3) is 0 Å². The third-order valence-electron chi connectivity index (χ3n) is 4.95. The van der Waals surface area contributed by atoms with E-state index in [0.717, 1.165) is 30.0 Å². The molecule has 3 amide bonds. The fourth-order valence-electron chi connectivity index (χ4n) is 3.47. The van der Waals surface area contributed by atoms with E-state index in [1.54, 1.807) is 0 Å². The zero-order chi connectivity index (χ0) is 15.9. The second-order valence-corrected chi connectivity index (χ2v) is 6.24. The van der Waals surface area contributed by atoms with Crippen LogP contribution in [0.3, 0.4) is 0 Å². The lowest BCUT2D eigenvalue weighted by molar-refractivity contribution is -0.132. The van der Waals surface area contributed by atoms with Gasteiger partial charge in [0.2, 0.25) is 0 Å². The molecule has 0 radical (unpaired) electrons. The molecule has 1 aromatic heterocycles. The van der Waals surface area contributed by atoms with Gasteiger partial charge in [-0.05, 0) is 51.8 Å². The van der Waals surface area contributed by atoms with Gasteiger partial charge in [-0.25, -0.2) is 4.79 Å². The predicted octanol–water partition coefficient (Wildman–Crippen LogP) is 0.253. The number of urea groups is 1. The van der Waals surface area contributed by atoms with Gasteiger partial charge in [0, 0.05) is 19.3 Å². The first kappa shape index (κ1) is 15.0. The lowest BCUT2D eigenvalue weighted by Crippen LogP contribution is -2.53. The Labute approximate surface area is 130 Å². The molecule has 2 N–H and O–H groups in total. The van der Waals surface area contributed by atoms with E-state index in [-0.39, 0.29) is 11.9 Å². The van der Waals surface area contributed by atoms with Crippen molar-refractivity contribution >= 4 is 11.9 Å². The Morgan fingerprint density at radius 1 is 1.23 bits per heavy atom. The minimum absolute atomic E-state index is 0.0711. The van der Waals surface area contributed by atoms with Crippen LogP contribution < -0.4 is 10.6 Å². The summed E-state index contributed by atoms with van der Waals surface area (Å²) in [6.45, 7) is 5.91. The van der Waals surface area contributed by atoms with Crippen molar-refractivity contribution in [3.05, 3.63) is 17.0 Å². The maximum Gasteiger partial charge on any atom is 0.325 e. The highest BCUT2D eigenvalue weighted by Gasteiger charge is 2.51. The first-order valence-electron chi connectivity index (χ1n) is 7.78. The molecule has 3 rings (SSSR count). The van der Waals surface area contributed by atoms with Crippen molar-refractivity contribution in [2.24, 2.45) is 7.05 Å². The Morgan fingerprint density at radius 2 is 1.91 bits per heavy atom. The van der Waals surface area contributed by atoms with Crippen molar-refractivity contribution in [2.45, 2.75) is 38.6 Å². The monoisotopic (exact) mass is 305 g/mol. The number of imide groups is 1. The van der Waals surface area contributed by atoms with Crippen molar-refractivity contribution in [1.82, 2.24) is 25.3 Å². The number of amides is 3. The number of carbonyl (C=O) groups is 2. The fourth-order valence-corrected chi connectivity index (χ4v) is 3.47. The van der Waals surface area contributed by atoms with E-state index < -0.39 is 5.54 Å². The van der Waals surface area contributed by atoms with Crippen molar-refractivity contribution in [3.63, 3.8) is 0 Å². The van der Waals surface area contributed by atoms with E-state index in [1.165, 1.54) is 4.90 Å². The molecule has 2 fully saturated rings. The molecule has 0 aromatic carbocycles. The number of hydrogen-bond acceptors (Lipinski definition) is 4. The van der Waals surface area contributed by atoms with Crippen LogP contribution in [-0.2, 0) is 18.3 Å². The van der Waals surface area contributed by atoms with Crippen LogP contribution in [0.4, 0.5) is 4.79 Å². The first-order chi connectivity index (χ1) is 10.4. The van der Waals surface area contributed by atoms with Gasteiger partial charge in [0.15, 0.2) is 0 Å². The Bertz CT molecular complexity index is 616. The van der Waals surface area contributed by atoms with Gasteiger partial charge in [0.1, 0.15) is 5.54 Å². The topological polar surface area (TPSA) is 79.3 Å². The van der Waals surface area contributed by atoms with Crippen molar-refractivity contribution in [3.8, 4) is 0 Å². The molecule has 0 unspecified atom stereocenters. The molecule has 120 valence electrons. The molecule has 0 saturated carbocycles. The number of piperidine rings is 1. The Morgan fingerprint density at radius 3 is 2.50 bits per heavy atom. The largest absolute Gasteiger partial charge is 0.325 e. The number of nitrogens with one attached hydrogen (secondary N) is 2. The maximum absolute atomic E-state index is 12.7. The van der Waals surface area contributed by atoms with Crippen molar-refractivity contribution in [1.29, 1.82) is 0 Å². The van der Waals surface area contributed by atoms with Crippen LogP contribution >= 0.6 is 0 Å². The summed E-state index contributed by atoms with van der Waals surface area (Å²) in [5.74, 6) is -0.0711. The number of hydrogen-bond donors (Lipinski definition) is 2. The summed E-state index contributed by atoms with van der Waals surface area (Å²) in [5.41, 5.74) is 2.49. The number of nitrogens with zero attached hydrogens (tertiary/aromatic N) is 3. The minimum atomic E-state index is -0.679. The summed E-state index contributed by atoms with van der Waals surface area (Å²) < 4.78 is 1.84. The molecule has 7 nitrogen and oxygen atoms in total. The van der Waals surface area contributed by atoms with Crippen LogP contribution in [0.5, 0.6) is 0 Å². The van der Waals surface area contributed by atoms with Crippen LogP contribution in [0.1, 0.15) is 29.8 Å². The molecule has 1 spiro atoms. The van der Waals surface area contributed by atoms with E-state index in [2.05, 4.69) is 15.7 Å². The van der Waals surface area contributed by atoms with E-state index in [1.807, 2.05) is 25.6 Å². The average Bonchev–Trinajstić information content (AvgIpc) is 2.85. The average molecular weight is 305 g/mol. The van der Waals surface area contributed by atoms with Gasteiger partial charge in [-0.3, -0.25) is 14.4 Å². The molecule has 2 aliphatic rings. The molecular weight excluding hydrogens is 282 g/mol. The van der Waals surface area contributed by atoms with Gasteiger partial charge in [0.25, 0.3) is 5.91 Å². The fraction of sp³-hybridized carbons (Fsp3) is 0.667. The van der Waals surface area contributed by atoms with E-state index in [4.69, 9.17) is 0 Å². The number of carbonyl (C=O) groups excluding carboxylic acids is 2. The maximum atomic E-state index is 12.7. The summed E-state index contributed by atoms with van der Waals surface area (Å²) in [6.07, 6.45) is 1.98. The van der Waals surface area contributed by atoms with Gasteiger partial charge >= 0.3 is 6.03 Å². The van der Waals surface area contributed by atoms with E-state index in [9.17, 15) is 9.59 Å². The zero-order valence-corrected chi connectivity index (χ0v) is 13.4. The molecule has 7 heteroatoms. The van der Waals surface area contributed by atoms with Crippen molar-refractivity contribution < 1.29 is 9.59 Å². The second-order valence-electron chi connectivity index (χ2n) is 6.24. The number of aryl methyl sites for hydroxylation is 2. The highest BCUT2D eigenvalue weighted by Crippen LogP contribution is 2.27. The molecule has 1 aromatic rings. The minimum Gasteiger partial charge on any atom is -0.323 e. The molecule has 0 bridgehead atoms. The number of rotatable bonds is 3. The molecular formula is C15H23N5O2. The van der Waals surface area contributed by atoms with Gasteiger partial charge in [-0.2, -0.15) is 5.10 Å². The normalized spacial score (nSPS) is 20.8. The Hall–Kier alpha value is -1.89. The molecule has 0 aliphatic carbocycles. The SMILES string of the molecule is Cc1nn(C)c(C)c1CCN1C(=O)NC2(CCNCC2)C1=O. The Balaban J connectivity index is 1.73. The van der Waals surface area contributed by atoms with Gasteiger partial charge in [-0.15, -0.1) is 0 Å². The Kier molecular flexibility index (Phi) is 3.68. The molecule has 0 atom stereocenters. The molecule has 2 aliphatic heterocycles. The van der Waals surface area contributed by atoms with E-state index >= 15 is 0 Å². The quantitative estimate of drug-likeness (QED) is 0.785. The zero-order valence-electron chi connectivity index (χ0n) is 13.4. The standard InChI is InChI=1S/C15H23N5O2/c1-10-12(11(2)19(3)18-10)4-9-20-13(21)15(17-14(20)22)5-7-16-8-6-15/h16H,4-9H2,1-3H3,(H,17,22). The van der Waals surface area contributed by atoms with Crippen LogP contribution in [0.15, 0.2) is 0 Å². The van der Waals surface area contributed by atoms with Crippen LogP contribution in [0.2, 0.25) is 0 Å². The predicted molar refractivity (Wildman–Crippen MR) is 81.5 cm³/mol. The van der Waals surface area contributed by atoms with Gasteiger partial charge < -0.3 is 10.6 Å². The van der Waals surface area contributed by atoms with Crippen LogP contribution in [0, 0.1) is 13.8 Å². The van der Waals surface area contributed by atoms with Gasteiger partial charge in [-0.1, -0.05) is 0 Å². The molecule has 22 heavy (non-hydrogen) atoms. The lowest BCUT2D eigenvalue weighted by Gasteiger charge is -2.31. The summed E-state index contributed by atoms with van der Waals surface area (Å²) in [5, 5.41) is 10.5. The highest BCUT2D eigenvalue weighted by atomic mass is 16.2. The summed E-state index contributed by atoms with van der Waals surface area (Å²) in [4.78, 5) is 26.3. The molecule has 2 saturated heterocycles. The van der Waals surface area contributed by atoms with Gasteiger partial charge in [0.05, 0.1) is 5.69 Å². The molecule has 3 heterocycles. The lowest BCUT2D eigenvalue weighted by atomic mass is 9.88. The summed E-state index contributed by atoms with van der Waals surface area (Å²) >= 11 is 0. The summed E-state index contributed by atoms with van der Waals surface area (Å²) in [7, 11) is 1.91. The first-order valence-corrected chi connectivity index (χ1v) is 7.78. The highest BCUT2D eigenvalue weighted by molar-refractivity contribution is 6.07. The second kappa shape index (κ2) is 5.39. The van der Waals surface area contributed by atoms with Crippen LogP contribution in [-0.4, -0.2) is 51.8 Å². The summed E-state index contributed by atoms with van der Waals surface area (Å²) in [6, 6.07) is -0.258. The number of aromatic nitrogens is 2. The third kappa shape index (κ3) is 2.29. The smallest absolute Gasteiger partial charge is 0.323 e. The van der Waals surface area contributed by atoms with Crippen molar-refractivity contribution in [2.75, 3.05) is 19.6 Å². The third-order valence-corrected chi connectivity index (χ3v) is 4.95.